The molecule has 2 aromatic heterocycles. The molecular formula is C50H58IrN2O2-2. The van der Waals surface area contributed by atoms with Gasteiger partial charge in [-0.3, -0.25) is 4.79 Å². The van der Waals surface area contributed by atoms with E-state index in [-0.39, 0.29) is 43.0 Å². The van der Waals surface area contributed by atoms with Crippen molar-refractivity contribution in [2.75, 3.05) is 0 Å². The first-order valence-electron chi connectivity index (χ1n) is 20.2. The van der Waals surface area contributed by atoms with Gasteiger partial charge in [-0.25, -0.2) is 0 Å². The summed E-state index contributed by atoms with van der Waals surface area (Å²) in [6.07, 6.45) is 5.42. The van der Waals surface area contributed by atoms with Crippen molar-refractivity contribution < 1.29 is 32.7 Å². The van der Waals surface area contributed by atoms with Crippen LogP contribution < -0.4 is 0 Å². The van der Waals surface area contributed by atoms with Gasteiger partial charge in [0.1, 0.15) is 5.76 Å². The third-order valence-electron chi connectivity index (χ3n) is 10.4. The Balaban J connectivity index is 0.000000229. The van der Waals surface area contributed by atoms with E-state index in [1.54, 1.807) is 0 Å². The predicted octanol–water partition coefficient (Wildman–Crippen LogP) is 13.5. The largest absolute Gasteiger partial charge is 0.512 e. The van der Waals surface area contributed by atoms with Crippen LogP contribution in [-0.2, 0) is 24.9 Å². The van der Waals surface area contributed by atoms with E-state index in [9.17, 15) is 9.90 Å². The molecule has 0 aliphatic rings. The van der Waals surface area contributed by atoms with Gasteiger partial charge in [-0.2, -0.15) is 0 Å². The zero-order valence-corrected chi connectivity index (χ0v) is 36.9. The molecule has 4 nitrogen and oxygen atoms in total. The predicted molar refractivity (Wildman–Crippen MR) is 229 cm³/mol. The second-order valence-electron chi connectivity index (χ2n) is 14.9. The van der Waals surface area contributed by atoms with Gasteiger partial charge in [0.15, 0.2) is 5.78 Å². The maximum atomic E-state index is 11.9. The number of carbonyl (C=O) groups excluding carboxylic acids is 1. The third kappa shape index (κ3) is 11.8. The summed E-state index contributed by atoms with van der Waals surface area (Å²) in [4.78, 5) is 20.7. The number of pyridine rings is 2. The Kier molecular flexibility index (Phi) is 15.5. The van der Waals surface area contributed by atoms with Gasteiger partial charge < -0.3 is 15.1 Å². The van der Waals surface area contributed by atoms with Gasteiger partial charge in [0, 0.05) is 49.9 Å². The number of aliphatic hydroxyl groups excluding tert-OH is 1. The van der Waals surface area contributed by atoms with Crippen molar-refractivity contribution in [3.63, 3.8) is 0 Å². The maximum absolute atomic E-state index is 11.9. The standard InChI is InChI=1S/2C18H16N.C14H26O2.Ir/c2*1-12-4-5-17-15(9-12)6-7-19-18(17)16-10-13(2)8-14(3)11-16;1-6-11(7-2)12(15)10-13(16)14(5,8-3)9-4;/h2*4-10H,1-3H3;10-11,16H,6-9H2,1-5H3;/q2*-1;;/b;;13-10-;/i2*7D;;. The molecule has 0 aliphatic heterocycles. The van der Waals surface area contributed by atoms with Crippen molar-refractivity contribution in [1.29, 1.82) is 0 Å². The van der Waals surface area contributed by atoms with Crippen molar-refractivity contribution in [3.05, 3.63) is 142 Å². The number of rotatable bonds is 9. The van der Waals surface area contributed by atoms with Crippen molar-refractivity contribution in [2.24, 2.45) is 11.3 Å². The average molecular weight is 913 g/mol. The Morgan fingerprint density at radius 2 is 1.11 bits per heavy atom. The van der Waals surface area contributed by atoms with E-state index < -0.39 is 0 Å². The molecule has 0 fully saturated rings. The van der Waals surface area contributed by atoms with Gasteiger partial charge in [0.2, 0.25) is 0 Å². The molecule has 1 N–H and O–H groups in total. The zero-order valence-electron chi connectivity index (χ0n) is 36.5. The Bertz CT molecular complexity index is 2170. The number of aliphatic hydroxyl groups is 1. The van der Waals surface area contributed by atoms with Crippen LogP contribution in [0.1, 0.15) is 96.4 Å². The zero-order chi connectivity index (χ0) is 41.3. The van der Waals surface area contributed by atoms with Crippen LogP contribution in [0.5, 0.6) is 0 Å². The summed E-state index contributed by atoms with van der Waals surface area (Å²) in [5.74, 6) is 0.366. The summed E-state index contributed by atoms with van der Waals surface area (Å²) in [5, 5.41) is 14.3. The van der Waals surface area contributed by atoms with Crippen LogP contribution in [-0.4, -0.2) is 20.9 Å². The normalized spacial score (nSPS) is 11.9. The Labute approximate surface area is 346 Å². The molecule has 0 amide bonds. The molecule has 2 heterocycles. The number of aromatic nitrogens is 2. The Morgan fingerprint density at radius 3 is 1.47 bits per heavy atom. The quantitative estimate of drug-likeness (QED) is 0.0892. The van der Waals surface area contributed by atoms with Gasteiger partial charge in [-0.15, -0.1) is 69.8 Å². The molecule has 1 radical (unpaired) electrons. The molecule has 0 spiro atoms. The SMILES string of the molecule is CCC(CC)C(=O)/C=C(\O)C(C)(CC)CC.[2H]c1cc2cc(C)ccc2c(-c2[c-]c(C)cc(C)c2)n1.[2H]c1cc2cc(C)ccc2c(-c2[c-]c(C)cc(C)c2)n1.[Ir]. The fourth-order valence-corrected chi connectivity index (χ4v) is 6.67. The molecule has 55 heavy (non-hydrogen) atoms. The number of ketones is 1. The van der Waals surface area contributed by atoms with E-state index in [1.165, 1.54) is 28.3 Å². The van der Waals surface area contributed by atoms with Gasteiger partial charge in [0.25, 0.3) is 0 Å². The van der Waals surface area contributed by atoms with E-state index in [1.807, 2.05) is 60.6 Å². The first kappa shape index (κ1) is 41.7. The molecule has 6 aromatic rings. The number of hydrogen-bond donors (Lipinski definition) is 1. The van der Waals surface area contributed by atoms with E-state index in [0.717, 1.165) is 80.9 Å². The minimum absolute atomic E-state index is 0. The summed E-state index contributed by atoms with van der Waals surface area (Å²) < 4.78 is 15.8. The van der Waals surface area contributed by atoms with E-state index in [4.69, 9.17) is 2.74 Å². The van der Waals surface area contributed by atoms with Crippen LogP contribution in [0.3, 0.4) is 0 Å². The molecule has 291 valence electrons. The number of nitrogens with zero attached hydrogens (tertiary/aromatic N) is 2. The second-order valence-corrected chi connectivity index (χ2v) is 14.9. The van der Waals surface area contributed by atoms with Gasteiger partial charge in [-0.05, 0) is 84.6 Å². The van der Waals surface area contributed by atoms with Crippen molar-refractivity contribution in [2.45, 2.75) is 102 Å². The van der Waals surface area contributed by atoms with Gasteiger partial charge >= 0.3 is 0 Å². The first-order chi connectivity index (χ1) is 26.5. The molecule has 0 saturated heterocycles. The number of hydrogen-bond acceptors (Lipinski definition) is 4. The Hall–Kier alpha value is -4.44. The number of aryl methyl sites for hydroxylation is 6. The van der Waals surface area contributed by atoms with Crippen LogP contribution in [0.15, 0.2) is 97.0 Å². The topological polar surface area (TPSA) is 63.1 Å². The van der Waals surface area contributed by atoms with Crippen LogP contribution in [0.2, 0.25) is 0 Å². The maximum Gasteiger partial charge on any atom is 0.162 e. The molecule has 0 unspecified atom stereocenters. The first-order valence-corrected chi connectivity index (χ1v) is 19.2. The molecular weight excluding hydrogens is 853 g/mol. The number of benzene rings is 4. The summed E-state index contributed by atoms with van der Waals surface area (Å²) >= 11 is 0. The van der Waals surface area contributed by atoms with Crippen molar-refractivity contribution >= 4 is 27.3 Å². The average Bonchev–Trinajstić information content (AvgIpc) is 3.13. The minimum Gasteiger partial charge on any atom is -0.512 e. The number of carbonyl (C=O) groups is 1. The molecule has 6 rings (SSSR count). The smallest absolute Gasteiger partial charge is 0.162 e. The monoisotopic (exact) mass is 913 g/mol. The molecule has 5 heteroatoms. The fraction of sp³-hybridized carbons (Fsp3) is 0.340. The van der Waals surface area contributed by atoms with E-state index in [0.29, 0.717) is 12.3 Å². The summed E-state index contributed by atoms with van der Waals surface area (Å²) in [5.41, 5.74) is 10.3. The Morgan fingerprint density at radius 1 is 0.691 bits per heavy atom. The number of allylic oxidation sites excluding steroid dienone is 2. The van der Waals surface area contributed by atoms with Crippen LogP contribution in [0, 0.1) is 65.0 Å². The summed E-state index contributed by atoms with van der Waals surface area (Å²) in [6, 6.07) is 31.2. The molecule has 0 bridgehead atoms. The second kappa shape index (κ2) is 20.5. The summed E-state index contributed by atoms with van der Waals surface area (Å²) in [6.45, 7) is 22.4. The van der Waals surface area contributed by atoms with Crippen molar-refractivity contribution in [1.82, 2.24) is 9.97 Å². The third-order valence-corrected chi connectivity index (χ3v) is 10.4. The summed E-state index contributed by atoms with van der Waals surface area (Å²) in [7, 11) is 0. The van der Waals surface area contributed by atoms with Crippen molar-refractivity contribution in [3.8, 4) is 22.5 Å². The fourth-order valence-electron chi connectivity index (χ4n) is 6.67. The van der Waals surface area contributed by atoms with Crippen LogP contribution >= 0.6 is 0 Å². The van der Waals surface area contributed by atoms with Crippen LogP contribution in [0.25, 0.3) is 44.1 Å². The molecule has 0 aliphatic carbocycles. The van der Waals surface area contributed by atoms with Crippen LogP contribution in [0.4, 0.5) is 0 Å². The van der Waals surface area contributed by atoms with Gasteiger partial charge in [0.05, 0.1) is 2.74 Å². The molecule has 4 aromatic carbocycles. The minimum atomic E-state index is -0.248. The molecule has 0 saturated carbocycles. The van der Waals surface area contributed by atoms with E-state index in [2.05, 4.69) is 110 Å². The van der Waals surface area contributed by atoms with E-state index >= 15 is 0 Å². The molecule has 0 atom stereocenters. The van der Waals surface area contributed by atoms with Gasteiger partial charge in [-0.1, -0.05) is 110 Å². The number of fused-ring (bicyclic) bond motifs is 2.